The van der Waals surface area contributed by atoms with Crippen molar-refractivity contribution in [2.75, 3.05) is 26.9 Å². The molecule has 22 heavy (non-hydrogen) atoms. The van der Waals surface area contributed by atoms with Crippen molar-refractivity contribution < 1.29 is 14.2 Å². The van der Waals surface area contributed by atoms with Gasteiger partial charge in [-0.1, -0.05) is 18.2 Å². The fourth-order valence-corrected chi connectivity index (χ4v) is 3.52. The first kappa shape index (κ1) is 15.5. The highest BCUT2D eigenvalue weighted by Crippen LogP contribution is 2.33. The minimum atomic E-state index is 0.201. The minimum Gasteiger partial charge on any atom is -0.497 e. The molecular formula is C18H25NO3. The van der Waals surface area contributed by atoms with Crippen molar-refractivity contribution in [1.29, 1.82) is 0 Å². The largest absolute Gasteiger partial charge is 0.497 e. The zero-order chi connectivity index (χ0) is 15.4. The first-order valence-electron chi connectivity index (χ1n) is 8.03. The van der Waals surface area contributed by atoms with Gasteiger partial charge in [-0.15, -0.1) is 6.58 Å². The zero-order valence-corrected chi connectivity index (χ0v) is 13.2. The highest BCUT2D eigenvalue weighted by molar-refractivity contribution is 5.27. The van der Waals surface area contributed by atoms with Gasteiger partial charge in [0.05, 0.1) is 32.5 Å². The lowest BCUT2D eigenvalue weighted by atomic mass is 10.1. The molecular weight excluding hydrogens is 278 g/mol. The van der Waals surface area contributed by atoms with Crippen LogP contribution in [-0.2, 0) is 16.0 Å². The monoisotopic (exact) mass is 303 g/mol. The highest BCUT2D eigenvalue weighted by Gasteiger charge is 2.43. The van der Waals surface area contributed by atoms with E-state index in [4.69, 9.17) is 14.2 Å². The van der Waals surface area contributed by atoms with Crippen LogP contribution in [0.2, 0.25) is 0 Å². The lowest BCUT2D eigenvalue weighted by molar-refractivity contribution is -0.111. The number of morpholine rings is 1. The lowest BCUT2D eigenvalue weighted by Gasteiger charge is -2.39. The molecule has 0 bridgehead atoms. The molecule has 1 aliphatic carbocycles. The third-order valence-corrected chi connectivity index (χ3v) is 4.62. The van der Waals surface area contributed by atoms with Crippen LogP contribution in [0, 0.1) is 0 Å². The van der Waals surface area contributed by atoms with Crippen LogP contribution in [0.3, 0.4) is 0 Å². The van der Waals surface area contributed by atoms with Gasteiger partial charge >= 0.3 is 0 Å². The molecule has 1 aromatic rings. The van der Waals surface area contributed by atoms with Crippen molar-refractivity contribution in [1.82, 2.24) is 4.90 Å². The summed E-state index contributed by atoms with van der Waals surface area (Å²) in [6.45, 7) is 7.06. The van der Waals surface area contributed by atoms with Gasteiger partial charge in [0.2, 0.25) is 0 Å². The summed E-state index contributed by atoms with van der Waals surface area (Å²) in [5.41, 5.74) is 1.32. The van der Waals surface area contributed by atoms with Crippen molar-refractivity contribution in [3.05, 3.63) is 42.5 Å². The second-order valence-corrected chi connectivity index (χ2v) is 5.96. The zero-order valence-electron chi connectivity index (χ0n) is 13.2. The topological polar surface area (TPSA) is 30.9 Å². The molecule has 1 aliphatic heterocycles. The molecule has 0 aromatic heterocycles. The van der Waals surface area contributed by atoms with E-state index in [1.165, 1.54) is 5.56 Å². The Morgan fingerprint density at radius 3 is 2.86 bits per heavy atom. The van der Waals surface area contributed by atoms with E-state index in [2.05, 4.69) is 23.6 Å². The summed E-state index contributed by atoms with van der Waals surface area (Å²) in [4.78, 5) is 2.53. The van der Waals surface area contributed by atoms with Crippen molar-refractivity contribution in [3.8, 4) is 5.75 Å². The Kier molecular flexibility index (Phi) is 5.13. The average molecular weight is 303 g/mol. The Morgan fingerprint density at radius 1 is 1.32 bits per heavy atom. The van der Waals surface area contributed by atoms with E-state index in [0.29, 0.717) is 12.6 Å². The molecule has 4 nitrogen and oxygen atoms in total. The van der Waals surface area contributed by atoms with Crippen LogP contribution in [0.5, 0.6) is 5.75 Å². The summed E-state index contributed by atoms with van der Waals surface area (Å²) < 4.78 is 17.1. The summed E-state index contributed by atoms with van der Waals surface area (Å²) in [6, 6.07) is 8.80. The number of methoxy groups -OCH3 is 1. The molecule has 120 valence electrons. The van der Waals surface area contributed by atoms with E-state index in [9.17, 15) is 0 Å². The second-order valence-electron chi connectivity index (χ2n) is 5.96. The molecule has 1 aromatic carbocycles. The molecule has 1 saturated heterocycles. The lowest BCUT2D eigenvalue weighted by Crippen LogP contribution is -2.51. The number of nitrogens with zero attached hydrogens (tertiary/aromatic N) is 1. The van der Waals surface area contributed by atoms with Gasteiger partial charge in [-0.2, -0.15) is 0 Å². The van der Waals surface area contributed by atoms with Gasteiger partial charge < -0.3 is 14.2 Å². The van der Waals surface area contributed by atoms with Crippen molar-refractivity contribution in [3.63, 3.8) is 0 Å². The Labute approximate surface area is 132 Å². The molecule has 2 fully saturated rings. The van der Waals surface area contributed by atoms with Gasteiger partial charge in [0.1, 0.15) is 5.75 Å². The molecule has 3 atom stereocenters. The molecule has 0 radical (unpaired) electrons. The summed E-state index contributed by atoms with van der Waals surface area (Å²) in [5.74, 6) is 0.905. The van der Waals surface area contributed by atoms with Crippen molar-refractivity contribution in [2.24, 2.45) is 0 Å². The Balaban J connectivity index is 1.63. The first-order valence-corrected chi connectivity index (χ1v) is 8.03. The smallest absolute Gasteiger partial charge is 0.118 e. The van der Waals surface area contributed by atoms with Gasteiger partial charge in [-0.05, 0) is 30.5 Å². The molecule has 2 aliphatic rings. The van der Waals surface area contributed by atoms with E-state index < -0.39 is 0 Å². The summed E-state index contributed by atoms with van der Waals surface area (Å²) >= 11 is 0. The third kappa shape index (κ3) is 3.35. The van der Waals surface area contributed by atoms with Crippen LogP contribution in [0.4, 0.5) is 0 Å². The van der Waals surface area contributed by atoms with E-state index >= 15 is 0 Å². The predicted octanol–water partition coefficient (Wildman–Crippen LogP) is 2.63. The van der Waals surface area contributed by atoms with E-state index in [-0.39, 0.29) is 12.2 Å². The van der Waals surface area contributed by atoms with Crippen LogP contribution in [0.25, 0.3) is 0 Å². The van der Waals surface area contributed by atoms with Gasteiger partial charge in [0, 0.05) is 19.1 Å². The van der Waals surface area contributed by atoms with Crippen LogP contribution in [0.1, 0.15) is 18.4 Å². The fraction of sp³-hybridized carbons (Fsp3) is 0.556. The van der Waals surface area contributed by atoms with Crippen molar-refractivity contribution >= 4 is 0 Å². The average Bonchev–Trinajstić information content (AvgIpc) is 2.98. The van der Waals surface area contributed by atoms with E-state index in [1.807, 2.05) is 18.2 Å². The molecule has 4 heteroatoms. The molecule has 3 rings (SSSR count). The fourth-order valence-electron chi connectivity index (χ4n) is 3.52. The van der Waals surface area contributed by atoms with Crippen molar-refractivity contribution in [2.45, 2.75) is 37.6 Å². The number of hydrogen-bond donors (Lipinski definition) is 0. The highest BCUT2D eigenvalue weighted by atomic mass is 16.5. The maximum Gasteiger partial charge on any atom is 0.118 e. The van der Waals surface area contributed by atoms with Gasteiger partial charge in [0.25, 0.3) is 0 Å². The molecule has 0 N–H and O–H groups in total. The molecule has 1 saturated carbocycles. The number of benzene rings is 1. The minimum absolute atomic E-state index is 0.201. The predicted molar refractivity (Wildman–Crippen MR) is 86.1 cm³/mol. The van der Waals surface area contributed by atoms with Crippen LogP contribution in [0.15, 0.2) is 36.9 Å². The number of ether oxygens (including phenoxy) is 3. The maximum atomic E-state index is 6.00. The summed E-state index contributed by atoms with van der Waals surface area (Å²) in [5, 5.41) is 0. The molecule has 0 spiro atoms. The number of rotatable bonds is 6. The normalized spacial score (nSPS) is 28.3. The molecule has 0 amide bonds. The maximum absolute atomic E-state index is 6.00. The first-order chi connectivity index (χ1) is 10.8. The van der Waals surface area contributed by atoms with Crippen LogP contribution < -0.4 is 4.74 Å². The Hall–Kier alpha value is -1.36. The standard InChI is InChI=1S/C18H25NO3/c1-3-11-21-17-9-8-16-18(17)22-12-10-19(16)13-14-4-6-15(20-2)7-5-14/h3-7,16-18H,1,8-13H2,2H3/t16-,17+,18+/m1/s1. The van der Waals surface area contributed by atoms with E-state index in [0.717, 1.165) is 38.3 Å². The summed E-state index contributed by atoms with van der Waals surface area (Å²) in [6.07, 6.45) is 4.43. The van der Waals surface area contributed by atoms with Crippen LogP contribution >= 0.6 is 0 Å². The second kappa shape index (κ2) is 7.27. The molecule has 1 heterocycles. The quantitative estimate of drug-likeness (QED) is 0.756. The SMILES string of the molecule is C=CCO[C@H]1CC[C@@H]2[C@@H]1OCCN2Cc1ccc(OC)cc1. The Morgan fingerprint density at radius 2 is 2.14 bits per heavy atom. The van der Waals surface area contributed by atoms with E-state index in [1.54, 1.807) is 7.11 Å². The Bertz CT molecular complexity index is 488. The van der Waals surface area contributed by atoms with Gasteiger partial charge in [-0.25, -0.2) is 0 Å². The van der Waals surface area contributed by atoms with Gasteiger partial charge in [-0.3, -0.25) is 4.90 Å². The van der Waals surface area contributed by atoms with Crippen LogP contribution in [-0.4, -0.2) is 50.0 Å². The number of hydrogen-bond acceptors (Lipinski definition) is 4. The summed E-state index contributed by atoms with van der Waals surface area (Å²) in [7, 11) is 1.70. The number of fused-ring (bicyclic) bond motifs is 1. The molecule has 0 unspecified atom stereocenters. The van der Waals surface area contributed by atoms with Gasteiger partial charge in [0.15, 0.2) is 0 Å². The third-order valence-electron chi connectivity index (χ3n) is 4.62.